The van der Waals surface area contributed by atoms with Crippen molar-refractivity contribution in [2.75, 3.05) is 5.32 Å². The summed E-state index contributed by atoms with van der Waals surface area (Å²) < 4.78 is 5.69. The number of carbonyl (C=O) groups is 2. The number of para-hydroxylation sites is 1. The van der Waals surface area contributed by atoms with Gasteiger partial charge in [-0.25, -0.2) is 0 Å². The minimum atomic E-state index is -0.645. The lowest BCUT2D eigenvalue weighted by atomic mass is 10.0. The summed E-state index contributed by atoms with van der Waals surface area (Å²) in [6, 6.07) is 14.6. The van der Waals surface area contributed by atoms with E-state index in [-0.39, 0.29) is 11.7 Å². The maximum Gasteiger partial charge on any atom is 0.265 e. The van der Waals surface area contributed by atoms with Crippen LogP contribution in [0.4, 0.5) is 5.69 Å². The van der Waals surface area contributed by atoms with E-state index < -0.39 is 6.10 Å². The first kappa shape index (κ1) is 18.7. The molecule has 4 nitrogen and oxygen atoms in total. The SMILES string of the molecule is CCC(=O)c1ccc(OC(C)C(=O)Nc2ccccc2C(C)C)cc1. The lowest BCUT2D eigenvalue weighted by Crippen LogP contribution is -2.30. The average Bonchev–Trinajstić information content (AvgIpc) is 2.61. The van der Waals surface area contributed by atoms with Crippen molar-refractivity contribution in [2.24, 2.45) is 0 Å². The minimum Gasteiger partial charge on any atom is -0.481 e. The van der Waals surface area contributed by atoms with Crippen LogP contribution in [0.1, 0.15) is 56.0 Å². The number of hydrogen-bond acceptors (Lipinski definition) is 3. The number of ether oxygens (including phenoxy) is 1. The lowest BCUT2D eigenvalue weighted by molar-refractivity contribution is -0.122. The van der Waals surface area contributed by atoms with Gasteiger partial charge in [-0.2, -0.15) is 0 Å². The molecule has 0 aliphatic carbocycles. The molecule has 0 heterocycles. The fraction of sp³-hybridized carbons (Fsp3) is 0.333. The summed E-state index contributed by atoms with van der Waals surface area (Å²) >= 11 is 0. The first-order valence-corrected chi connectivity index (χ1v) is 8.62. The molecule has 1 unspecified atom stereocenters. The molecular formula is C21H25NO3. The molecule has 4 heteroatoms. The third-order valence-corrected chi connectivity index (χ3v) is 4.02. The van der Waals surface area contributed by atoms with E-state index in [9.17, 15) is 9.59 Å². The molecule has 0 saturated carbocycles. The van der Waals surface area contributed by atoms with Crippen LogP contribution in [0.3, 0.4) is 0 Å². The van der Waals surface area contributed by atoms with Crippen molar-refractivity contribution >= 4 is 17.4 Å². The number of nitrogens with one attached hydrogen (secondary N) is 1. The van der Waals surface area contributed by atoms with Gasteiger partial charge in [-0.1, -0.05) is 39.0 Å². The van der Waals surface area contributed by atoms with E-state index in [1.165, 1.54) is 0 Å². The van der Waals surface area contributed by atoms with E-state index >= 15 is 0 Å². The maximum atomic E-state index is 12.4. The van der Waals surface area contributed by atoms with E-state index in [0.29, 0.717) is 23.7 Å². The van der Waals surface area contributed by atoms with Crippen LogP contribution in [-0.2, 0) is 4.79 Å². The van der Waals surface area contributed by atoms with E-state index in [4.69, 9.17) is 4.74 Å². The predicted octanol–water partition coefficient (Wildman–Crippen LogP) is 4.81. The largest absolute Gasteiger partial charge is 0.481 e. The molecule has 0 aromatic heterocycles. The zero-order chi connectivity index (χ0) is 18.4. The Morgan fingerprint density at radius 3 is 2.24 bits per heavy atom. The van der Waals surface area contributed by atoms with E-state index in [1.54, 1.807) is 31.2 Å². The van der Waals surface area contributed by atoms with Gasteiger partial charge < -0.3 is 10.1 Å². The van der Waals surface area contributed by atoms with Gasteiger partial charge in [-0.05, 0) is 48.7 Å². The van der Waals surface area contributed by atoms with Crippen LogP contribution in [0.5, 0.6) is 5.75 Å². The van der Waals surface area contributed by atoms with Gasteiger partial charge in [0.1, 0.15) is 5.75 Å². The van der Waals surface area contributed by atoms with Gasteiger partial charge >= 0.3 is 0 Å². The van der Waals surface area contributed by atoms with Gasteiger partial charge in [0.15, 0.2) is 11.9 Å². The fourth-order valence-corrected chi connectivity index (χ4v) is 2.53. The van der Waals surface area contributed by atoms with Crippen molar-refractivity contribution in [1.82, 2.24) is 0 Å². The van der Waals surface area contributed by atoms with E-state index in [1.807, 2.05) is 31.2 Å². The van der Waals surface area contributed by atoms with E-state index in [2.05, 4.69) is 19.2 Å². The van der Waals surface area contributed by atoms with Gasteiger partial charge in [0, 0.05) is 17.7 Å². The highest BCUT2D eigenvalue weighted by Crippen LogP contribution is 2.24. The van der Waals surface area contributed by atoms with Gasteiger partial charge in [-0.3, -0.25) is 9.59 Å². The van der Waals surface area contributed by atoms with Crippen LogP contribution in [0.15, 0.2) is 48.5 Å². The summed E-state index contributed by atoms with van der Waals surface area (Å²) in [5.74, 6) is 0.758. The first-order valence-electron chi connectivity index (χ1n) is 8.62. The molecule has 0 bridgehead atoms. The Labute approximate surface area is 149 Å². The highest BCUT2D eigenvalue weighted by Gasteiger charge is 2.17. The van der Waals surface area contributed by atoms with Gasteiger partial charge in [0.2, 0.25) is 0 Å². The normalized spacial score (nSPS) is 11.9. The fourth-order valence-electron chi connectivity index (χ4n) is 2.53. The van der Waals surface area contributed by atoms with Gasteiger partial charge in [0.05, 0.1) is 0 Å². The number of rotatable bonds is 7. The van der Waals surface area contributed by atoms with Crippen molar-refractivity contribution in [2.45, 2.75) is 46.1 Å². The summed E-state index contributed by atoms with van der Waals surface area (Å²) in [5.41, 5.74) is 2.55. The van der Waals surface area contributed by atoms with Crippen molar-refractivity contribution in [3.05, 3.63) is 59.7 Å². The Morgan fingerprint density at radius 2 is 1.64 bits per heavy atom. The van der Waals surface area contributed by atoms with Crippen LogP contribution in [0.2, 0.25) is 0 Å². The van der Waals surface area contributed by atoms with Crippen molar-refractivity contribution in [1.29, 1.82) is 0 Å². The molecule has 0 aliphatic heterocycles. The molecule has 25 heavy (non-hydrogen) atoms. The Balaban J connectivity index is 2.02. The Morgan fingerprint density at radius 1 is 1.00 bits per heavy atom. The number of benzene rings is 2. The number of ketones is 1. The molecule has 0 spiro atoms. The molecule has 0 fully saturated rings. The van der Waals surface area contributed by atoms with Gasteiger partial charge in [-0.15, -0.1) is 0 Å². The molecule has 1 atom stereocenters. The Bertz CT molecular complexity index is 735. The standard InChI is InChI=1S/C21H25NO3/c1-5-20(23)16-10-12-17(13-11-16)25-15(4)21(24)22-19-9-7-6-8-18(19)14(2)3/h6-15H,5H2,1-4H3,(H,22,24). The monoisotopic (exact) mass is 339 g/mol. The topological polar surface area (TPSA) is 55.4 Å². The number of Topliss-reactive ketones (excluding diaryl/α,β-unsaturated/α-hetero) is 1. The summed E-state index contributed by atoms with van der Waals surface area (Å²) in [6.07, 6.45) is -0.179. The highest BCUT2D eigenvalue weighted by atomic mass is 16.5. The summed E-state index contributed by atoms with van der Waals surface area (Å²) in [6.45, 7) is 7.71. The molecule has 0 saturated heterocycles. The number of carbonyl (C=O) groups excluding carboxylic acids is 2. The summed E-state index contributed by atoms with van der Waals surface area (Å²) in [5, 5.41) is 2.93. The summed E-state index contributed by atoms with van der Waals surface area (Å²) in [7, 11) is 0. The second kappa shape index (κ2) is 8.47. The first-order chi connectivity index (χ1) is 11.9. The molecule has 1 amide bonds. The quantitative estimate of drug-likeness (QED) is 0.737. The Hall–Kier alpha value is -2.62. The van der Waals surface area contributed by atoms with Crippen molar-refractivity contribution in [3.63, 3.8) is 0 Å². The zero-order valence-electron chi connectivity index (χ0n) is 15.2. The van der Waals surface area contributed by atoms with Crippen molar-refractivity contribution < 1.29 is 14.3 Å². The van der Waals surface area contributed by atoms with Crippen molar-refractivity contribution in [3.8, 4) is 5.75 Å². The number of amides is 1. The molecule has 132 valence electrons. The maximum absolute atomic E-state index is 12.4. The number of anilines is 1. The smallest absolute Gasteiger partial charge is 0.265 e. The molecule has 0 radical (unpaired) electrons. The third-order valence-electron chi connectivity index (χ3n) is 4.02. The zero-order valence-corrected chi connectivity index (χ0v) is 15.2. The average molecular weight is 339 g/mol. The van der Waals surface area contributed by atoms with Crippen LogP contribution in [-0.4, -0.2) is 17.8 Å². The lowest BCUT2D eigenvalue weighted by Gasteiger charge is -2.18. The second-order valence-corrected chi connectivity index (χ2v) is 6.29. The van der Waals surface area contributed by atoms with E-state index in [0.717, 1.165) is 11.3 Å². The Kier molecular flexibility index (Phi) is 6.34. The minimum absolute atomic E-state index is 0.0858. The third kappa shape index (κ3) is 4.92. The molecular weight excluding hydrogens is 314 g/mol. The van der Waals surface area contributed by atoms with Gasteiger partial charge in [0.25, 0.3) is 5.91 Å². The predicted molar refractivity (Wildman–Crippen MR) is 100 cm³/mol. The number of hydrogen-bond donors (Lipinski definition) is 1. The van der Waals surface area contributed by atoms with Crippen LogP contribution in [0, 0.1) is 0 Å². The molecule has 1 N–H and O–H groups in total. The molecule has 2 rings (SSSR count). The molecule has 2 aromatic rings. The van der Waals surface area contributed by atoms with Crippen LogP contribution < -0.4 is 10.1 Å². The molecule has 0 aliphatic rings. The summed E-state index contributed by atoms with van der Waals surface area (Å²) in [4.78, 5) is 24.1. The molecule has 2 aromatic carbocycles. The highest BCUT2D eigenvalue weighted by molar-refractivity contribution is 5.96. The van der Waals surface area contributed by atoms with Crippen LogP contribution >= 0.6 is 0 Å². The second-order valence-electron chi connectivity index (χ2n) is 6.29. The van der Waals surface area contributed by atoms with Crippen LogP contribution in [0.25, 0.3) is 0 Å².